The van der Waals surface area contributed by atoms with Crippen LogP contribution in [0.1, 0.15) is 32.3 Å². The van der Waals surface area contributed by atoms with Crippen LogP contribution < -0.4 is 10.1 Å². The predicted octanol–water partition coefficient (Wildman–Crippen LogP) is 3.35. The van der Waals surface area contributed by atoms with Gasteiger partial charge in [-0.1, -0.05) is 29.8 Å². The minimum atomic E-state index is 0.0230. The van der Waals surface area contributed by atoms with Crippen LogP contribution in [0.2, 0.25) is 0 Å². The Bertz CT molecular complexity index is 394. The van der Waals surface area contributed by atoms with Crippen molar-refractivity contribution in [2.24, 2.45) is 5.41 Å². The lowest BCUT2D eigenvalue weighted by atomic mass is 9.89. The van der Waals surface area contributed by atoms with Gasteiger partial charge in [-0.25, -0.2) is 0 Å². The summed E-state index contributed by atoms with van der Waals surface area (Å²) >= 11 is 3.47. The number of hydrogen-bond donors (Lipinski definition) is 2. The molecular weight excluding hydrogens is 306 g/mol. The summed E-state index contributed by atoms with van der Waals surface area (Å²) in [5, 5.41) is 12.6. The van der Waals surface area contributed by atoms with Crippen molar-refractivity contribution in [1.82, 2.24) is 5.32 Å². The number of methoxy groups -OCH3 is 1. The van der Waals surface area contributed by atoms with E-state index in [0.717, 1.165) is 41.7 Å². The summed E-state index contributed by atoms with van der Waals surface area (Å²) in [5.41, 5.74) is 1.17. The average molecular weight is 330 g/mol. The van der Waals surface area contributed by atoms with Crippen LogP contribution in [0.5, 0.6) is 5.75 Å². The summed E-state index contributed by atoms with van der Waals surface area (Å²) in [5.74, 6) is 0.909. The van der Waals surface area contributed by atoms with E-state index < -0.39 is 0 Å². The van der Waals surface area contributed by atoms with Crippen LogP contribution in [0.25, 0.3) is 0 Å². The highest BCUT2D eigenvalue weighted by molar-refractivity contribution is 9.10. The van der Waals surface area contributed by atoms with Crippen molar-refractivity contribution in [3.05, 3.63) is 28.2 Å². The Morgan fingerprint density at radius 2 is 2.11 bits per heavy atom. The minimum Gasteiger partial charge on any atom is -0.496 e. The lowest BCUT2D eigenvalue weighted by molar-refractivity contribution is 0.148. The van der Waals surface area contributed by atoms with Gasteiger partial charge >= 0.3 is 0 Å². The molecule has 19 heavy (non-hydrogen) atoms. The molecule has 4 heteroatoms. The zero-order valence-corrected chi connectivity index (χ0v) is 13.6. The Kier molecular flexibility index (Phi) is 6.83. The fraction of sp³-hybridized carbons (Fsp3) is 0.600. The second-order valence-corrected chi connectivity index (χ2v) is 6.47. The third-order valence-corrected chi connectivity index (χ3v) is 3.69. The smallest absolute Gasteiger partial charge is 0.123 e. The first kappa shape index (κ1) is 16.5. The zero-order valence-electron chi connectivity index (χ0n) is 12.0. The van der Waals surface area contributed by atoms with Gasteiger partial charge in [-0.15, -0.1) is 0 Å². The molecular formula is C15H24BrNO2. The molecule has 2 N–H and O–H groups in total. The topological polar surface area (TPSA) is 41.5 Å². The number of benzene rings is 1. The fourth-order valence-corrected chi connectivity index (χ4v) is 2.29. The first-order valence-corrected chi connectivity index (χ1v) is 7.42. The third kappa shape index (κ3) is 5.93. The molecule has 0 fully saturated rings. The fourth-order valence-electron chi connectivity index (χ4n) is 1.88. The third-order valence-electron chi connectivity index (χ3n) is 3.19. The Hall–Kier alpha value is -0.580. The van der Waals surface area contributed by atoms with Crippen LogP contribution in [0.15, 0.2) is 22.7 Å². The lowest BCUT2D eigenvalue weighted by Gasteiger charge is -2.21. The van der Waals surface area contributed by atoms with Gasteiger partial charge in [0.25, 0.3) is 0 Å². The van der Waals surface area contributed by atoms with E-state index in [4.69, 9.17) is 4.74 Å². The molecule has 0 unspecified atom stereocenters. The molecule has 0 radical (unpaired) electrons. The van der Waals surface area contributed by atoms with Gasteiger partial charge in [-0.05, 0) is 43.0 Å². The SMILES string of the molecule is COc1ccc(Br)cc1CNCCCC(C)(C)CO. The van der Waals surface area contributed by atoms with Crippen molar-refractivity contribution in [3.8, 4) is 5.75 Å². The van der Waals surface area contributed by atoms with Crippen molar-refractivity contribution >= 4 is 15.9 Å². The number of nitrogens with one attached hydrogen (secondary N) is 1. The normalized spacial score (nSPS) is 11.6. The van der Waals surface area contributed by atoms with E-state index in [-0.39, 0.29) is 12.0 Å². The zero-order chi connectivity index (χ0) is 14.3. The van der Waals surface area contributed by atoms with E-state index in [0.29, 0.717) is 0 Å². The largest absolute Gasteiger partial charge is 0.496 e. The maximum Gasteiger partial charge on any atom is 0.123 e. The van der Waals surface area contributed by atoms with Crippen LogP contribution in [-0.4, -0.2) is 25.4 Å². The monoisotopic (exact) mass is 329 g/mol. The van der Waals surface area contributed by atoms with E-state index >= 15 is 0 Å². The molecule has 0 atom stereocenters. The van der Waals surface area contributed by atoms with Gasteiger partial charge in [0.1, 0.15) is 5.75 Å². The summed E-state index contributed by atoms with van der Waals surface area (Å²) in [7, 11) is 1.69. The number of ether oxygens (including phenoxy) is 1. The van der Waals surface area contributed by atoms with Gasteiger partial charge in [0, 0.05) is 23.2 Å². The summed E-state index contributed by atoms with van der Waals surface area (Å²) in [6, 6.07) is 6.02. The second kappa shape index (κ2) is 7.88. The molecule has 1 aromatic carbocycles. The molecule has 0 spiro atoms. The molecule has 0 bridgehead atoms. The highest BCUT2D eigenvalue weighted by Crippen LogP contribution is 2.23. The van der Waals surface area contributed by atoms with Gasteiger partial charge in [0.15, 0.2) is 0 Å². The summed E-state index contributed by atoms with van der Waals surface area (Å²) in [6.45, 7) is 6.16. The van der Waals surface area contributed by atoms with Crippen LogP contribution in [0, 0.1) is 5.41 Å². The standard InChI is InChI=1S/C15H24BrNO2/c1-15(2,11-18)7-4-8-17-10-12-9-13(16)5-6-14(12)19-3/h5-6,9,17-18H,4,7-8,10-11H2,1-3H3. The molecule has 0 aliphatic carbocycles. The number of halogens is 1. The summed E-state index contributed by atoms with van der Waals surface area (Å²) < 4.78 is 6.40. The molecule has 0 saturated heterocycles. The van der Waals surface area contributed by atoms with Crippen molar-refractivity contribution < 1.29 is 9.84 Å². The Labute approximate surface area is 124 Å². The minimum absolute atomic E-state index is 0.0230. The van der Waals surface area contributed by atoms with Crippen molar-refractivity contribution in [3.63, 3.8) is 0 Å². The van der Waals surface area contributed by atoms with Crippen molar-refractivity contribution in [1.29, 1.82) is 0 Å². The molecule has 0 amide bonds. The average Bonchev–Trinajstić information content (AvgIpc) is 2.38. The van der Waals surface area contributed by atoms with Crippen LogP contribution in [0.4, 0.5) is 0 Å². The molecule has 0 saturated carbocycles. The van der Waals surface area contributed by atoms with E-state index in [2.05, 4.69) is 41.2 Å². The molecule has 108 valence electrons. The molecule has 1 aromatic rings. The Morgan fingerprint density at radius 1 is 1.37 bits per heavy atom. The van der Waals surface area contributed by atoms with E-state index in [1.807, 2.05) is 12.1 Å². The van der Waals surface area contributed by atoms with Gasteiger partial charge in [-0.2, -0.15) is 0 Å². The van der Waals surface area contributed by atoms with Crippen LogP contribution in [-0.2, 0) is 6.54 Å². The number of hydrogen-bond acceptors (Lipinski definition) is 3. The quantitative estimate of drug-likeness (QED) is 0.718. The van der Waals surface area contributed by atoms with Crippen LogP contribution in [0.3, 0.4) is 0 Å². The van der Waals surface area contributed by atoms with E-state index in [9.17, 15) is 5.11 Å². The summed E-state index contributed by atoms with van der Waals surface area (Å²) in [6.07, 6.45) is 2.08. The summed E-state index contributed by atoms with van der Waals surface area (Å²) in [4.78, 5) is 0. The number of aliphatic hydroxyl groups is 1. The molecule has 0 aliphatic heterocycles. The van der Waals surface area contributed by atoms with Crippen molar-refractivity contribution in [2.45, 2.75) is 33.2 Å². The Morgan fingerprint density at radius 3 is 2.74 bits per heavy atom. The molecule has 1 rings (SSSR count). The molecule has 0 aromatic heterocycles. The Balaban J connectivity index is 2.35. The van der Waals surface area contributed by atoms with Gasteiger partial charge in [-0.3, -0.25) is 0 Å². The molecule has 0 heterocycles. The van der Waals surface area contributed by atoms with Gasteiger partial charge in [0.2, 0.25) is 0 Å². The molecule has 0 aliphatic rings. The van der Waals surface area contributed by atoms with Crippen LogP contribution >= 0.6 is 15.9 Å². The lowest BCUT2D eigenvalue weighted by Crippen LogP contribution is -2.21. The maximum absolute atomic E-state index is 9.19. The number of rotatable bonds is 8. The first-order chi connectivity index (χ1) is 8.98. The maximum atomic E-state index is 9.19. The number of aliphatic hydroxyl groups excluding tert-OH is 1. The van der Waals surface area contributed by atoms with E-state index in [1.54, 1.807) is 7.11 Å². The molecule has 3 nitrogen and oxygen atoms in total. The van der Waals surface area contributed by atoms with Gasteiger partial charge < -0.3 is 15.2 Å². The second-order valence-electron chi connectivity index (χ2n) is 5.56. The highest BCUT2D eigenvalue weighted by Gasteiger charge is 2.15. The van der Waals surface area contributed by atoms with Crippen molar-refractivity contribution in [2.75, 3.05) is 20.3 Å². The van der Waals surface area contributed by atoms with E-state index in [1.165, 1.54) is 0 Å². The predicted molar refractivity (Wildman–Crippen MR) is 82.5 cm³/mol. The highest BCUT2D eigenvalue weighted by atomic mass is 79.9. The van der Waals surface area contributed by atoms with Gasteiger partial charge in [0.05, 0.1) is 7.11 Å². The first-order valence-electron chi connectivity index (χ1n) is 6.62.